The molecule has 2 aromatic rings. The summed E-state index contributed by atoms with van der Waals surface area (Å²) in [6.07, 6.45) is 0.756. The van der Waals surface area contributed by atoms with E-state index in [1.807, 2.05) is 19.9 Å². The number of nitro groups is 1. The van der Waals surface area contributed by atoms with Crippen LogP contribution >= 0.6 is 11.6 Å². The number of halogens is 1. The first-order valence-corrected chi connectivity index (χ1v) is 10.8. The number of ether oxygens (including phenoxy) is 2. The molecule has 2 rings (SSSR count). The molecule has 0 aliphatic heterocycles. The highest BCUT2D eigenvalue weighted by molar-refractivity contribution is 6.30. The van der Waals surface area contributed by atoms with Crippen LogP contribution in [0.25, 0.3) is 0 Å². The van der Waals surface area contributed by atoms with Crippen molar-refractivity contribution in [2.75, 3.05) is 13.7 Å². The third-order valence-corrected chi connectivity index (χ3v) is 5.36. The van der Waals surface area contributed by atoms with Gasteiger partial charge < -0.3 is 19.7 Å². The van der Waals surface area contributed by atoms with Gasteiger partial charge in [0.05, 0.1) is 12.0 Å². The Hall–Kier alpha value is -3.33. The van der Waals surface area contributed by atoms with Crippen LogP contribution in [0, 0.1) is 10.1 Å². The number of hydrogen-bond donors (Lipinski definition) is 1. The zero-order valence-electron chi connectivity index (χ0n) is 19.0. The van der Waals surface area contributed by atoms with Crippen molar-refractivity contribution in [1.82, 2.24) is 10.2 Å². The number of carbonyl (C=O) groups excluding carboxylic acids is 2. The van der Waals surface area contributed by atoms with Crippen molar-refractivity contribution in [1.29, 1.82) is 0 Å². The number of rotatable bonds is 11. The number of amides is 2. The number of hydrogen-bond acceptors (Lipinski definition) is 6. The van der Waals surface area contributed by atoms with Crippen LogP contribution in [0.15, 0.2) is 42.5 Å². The van der Waals surface area contributed by atoms with Crippen molar-refractivity contribution in [3.05, 3.63) is 63.2 Å². The minimum Gasteiger partial charge on any atom is -0.490 e. The predicted molar refractivity (Wildman–Crippen MR) is 125 cm³/mol. The summed E-state index contributed by atoms with van der Waals surface area (Å²) in [7, 11) is 1.31. The highest BCUT2D eigenvalue weighted by Gasteiger charge is 2.27. The lowest BCUT2D eigenvalue weighted by atomic mass is 10.1. The van der Waals surface area contributed by atoms with E-state index in [9.17, 15) is 19.7 Å². The van der Waals surface area contributed by atoms with Gasteiger partial charge >= 0.3 is 5.69 Å². The summed E-state index contributed by atoms with van der Waals surface area (Å²) >= 11 is 6.08. The first-order valence-electron chi connectivity index (χ1n) is 10.5. The fraction of sp³-hybridized carbons (Fsp3) is 0.391. The Bertz CT molecular complexity index is 1000. The van der Waals surface area contributed by atoms with Crippen LogP contribution in [0.3, 0.4) is 0 Å². The van der Waals surface area contributed by atoms with Crippen LogP contribution in [0.4, 0.5) is 5.69 Å². The van der Waals surface area contributed by atoms with Gasteiger partial charge in [0.2, 0.25) is 11.7 Å². The van der Waals surface area contributed by atoms with Crippen LogP contribution in [0.5, 0.6) is 11.5 Å². The molecule has 0 radical (unpaired) electrons. The molecule has 9 nitrogen and oxygen atoms in total. The van der Waals surface area contributed by atoms with E-state index < -0.39 is 16.9 Å². The summed E-state index contributed by atoms with van der Waals surface area (Å²) in [5, 5.41) is 14.5. The molecule has 0 saturated carbocycles. The average molecular weight is 478 g/mol. The van der Waals surface area contributed by atoms with Crippen LogP contribution < -0.4 is 14.8 Å². The lowest BCUT2D eigenvalue weighted by Gasteiger charge is -2.29. The molecule has 1 N–H and O–H groups in total. The van der Waals surface area contributed by atoms with Gasteiger partial charge in [0.25, 0.3) is 5.91 Å². The van der Waals surface area contributed by atoms with Gasteiger partial charge in [-0.25, -0.2) is 0 Å². The SMILES string of the molecule is CC[C@H](C)NC(=O)[C@H](C)N(Cc1cccc(Cl)c1)C(=O)COc1ccc([N+](=O)[O-])c(OC)c1. The molecule has 2 aromatic carbocycles. The Morgan fingerprint density at radius 3 is 2.55 bits per heavy atom. The fourth-order valence-corrected chi connectivity index (χ4v) is 3.22. The van der Waals surface area contributed by atoms with E-state index in [0.717, 1.165) is 12.0 Å². The second-order valence-electron chi connectivity index (χ2n) is 7.52. The van der Waals surface area contributed by atoms with Crippen LogP contribution in [-0.4, -0.2) is 47.4 Å². The van der Waals surface area contributed by atoms with E-state index in [1.54, 1.807) is 25.1 Å². The zero-order valence-corrected chi connectivity index (χ0v) is 19.8. The molecule has 0 aliphatic carbocycles. The molecule has 10 heteroatoms. The van der Waals surface area contributed by atoms with Gasteiger partial charge in [0, 0.05) is 29.7 Å². The van der Waals surface area contributed by atoms with Crippen LogP contribution in [0.1, 0.15) is 32.8 Å². The quantitative estimate of drug-likeness (QED) is 0.387. The molecular weight excluding hydrogens is 450 g/mol. The summed E-state index contributed by atoms with van der Waals surface area (Å²) in [5.74, 6) is -0.469. The van der Waals surface area contributed by atoms with Crippen LogP contribution in [0.2, 0.25) is 5.02 Å². The summed E-state index contributed by atoms with van der Waals surface area (Å²) in [5.41, 5.74) is 0.546. The standard InChI is InChI=1S/C23H28ClN3O6/c1-5-15(2)25-23(29)16(3)26(13-17-7-6-8-18(24)11-17)22(28)14-33-19-9-10-20(27(30)31)21(12-19)32-4/h6-12,15-16H,5,13-14H2,1-4H3,(H,25,29)/t15-,16-/m0/s1. The highest BCUT2D eigenvalue weighted by atomic mass is 35.5. The van der Waals surface area contributed by atoms with Crippen molar-refractivity contribution >= 4 is 29.1 Å². The molecule has 0 unspecified atom stereocenters. The largest absolute Gasteiger partial charge is 0.490 e. The van der Waals surface area contributed by atoms with Gasteiger partial charge in [-0.3, -0.25) is 19.7 Å². The molecule has 33 heavy (non-hydrogen) atoms. The number of methoxy groups -OCH3 is 1. The van der Waals surface area contributed by atoms with Crippen LogP contribution in [-0.2, 0) is 16.1 Å². The zero-order chi connectivity index (χ0) is 24.5. The summed E-state index contributed by atoms with van der Waals surface area (Å²) in [6.45, 7) is 5.27. The van der Waals surface area contributed by atoms with E-state index in [-0.39, 0.29) is 42.3 Å². The maximum atomic E-state index is 13.1. The third kappa shape index (κ3) is 7.35. The number of nitrogens with zero attached hydrogens (tertiary/aromatic N) is 2. The lowest BCUT2D eigenvalue weighted by molar-refractivity contribution is -0.385. The van der Waals surface area contributed by atoms with Crippen molar-refractivity contribution < 1.29 is 24.0 Å². The summed E-state index contributed by atoms with van der Waals surface area (Å²) in [4.78, 5) is 37.7. The van der Waals surface area contributed by atoms with E-state index in [0.29, 0.717) is 5.02 Å². The molecule has 0 saturated heterocycles. The number of nitrogens with one attached hydrogen (secondary N) is 1. The lowest BCUT2D eigenvalue weighted by Crippen LogP contribution is -2.50. The smallest absolute Gasteiger partial charge is 0.311 e. The Kier molecular flexibility index (Phi) is 9.47. The monoisotopic (exact) mass is 477 g/mol. The molecule has 0 heterocycles. The van der Waals surface area contributed by atoms with Gasteiger partial charge in [-0.15, -0.1) is 0 Å². The Morgan fingerprint density at radius 1 is 1.21 bits per heavy atom. The van der Waals surface area contributed by atoms with Gasteiger partial charge in [-0.1, -0.05) is 30.7 Å². The van der Waals surface area contributed by atoms with Gasteiger partial charge in [0.1, 0.15) is 11.8 Å². The molecule has 178 valence electrons. The maximum absolute atomic E-state index is 13.1. The summed E-state index contributed by atoms with van der Waals surface area (Å²) in [6, 6.07) is 10.2. The molecule has 0 aliphatic rings. The summed E-state index contributed by atoms with van der Waals surface area (Å²) < 4.78 is 10.6. The number of benzene rings is 2. The van der Waals surface area contributed by atoms with Gasteiger partial charge in [-0.2, -0.15) is 0 Å². The van der Waals surface area contributed by atoms with Gasteiger partial charge in [-0.05, 0) is 44.0 Å². The van der Waals surface area contributed by atoms with Crippen molar-refractivity contribution in [3.63, 3.8) is 0 Å². The average Bonchev–Trinajstić information content (AvgIpc) is 2.80. The Balaban J connectivity index is 2.20. The minimum atomic E-state index is -0.763. The van der Waals surface area contributed by atoms with E-state index in [2.05, 4.69) is 5.32 Å². The molecule has 0 spiro atoms. The first kappa shape index (κ1) is 25.9. The molecule has 0 bridgehead atoms. The molecule has 0 aromatic heterocycles. The Morgan fingerprint density at radius 2 is 1.94 bits per heavy atom. The van der Waals surface area contributed by atoms with Gasteiger partial charge in [0.15, 0.2) is 6.61 Å². The molecule has 2 amide bonds. The first-order chi connectivity index (χ1) is 15.7. The maximum Gasteiger partial charge on any atom is 0.311 e. The molecule has 2 atom stereocenters. The Labute approximate surface area is 197 Å². The van der Waals surface area contributed by atoms with Crippen molar-refractivity contribution in [2.24, 2.45) is 0 Å². The fourth-order valence-electron chi connectivity index (χ4n) is 3.01. The third-order valence-electron chi connectivity index (χ3n) is 5.12. The number of carbonyl (C=O) groups is 2. The van der Waals surface area contributed by atoms with Crippen molar-refractivity contribution in [2.45, 2.75) is 45.8 Å². The van der Waals surface area contributed by atoms with Crippen molar-refractivity contribution in [3.8, 4) is 11.5 Å². The predicted octanol–water partition coefficient (Wildman–Crippen LogP) is 3.97. The van der Waals surface area contributed by atoms with E-state index >= 15 is 0 Å². The second kappa shape index (κ2) is 12.1. The minimum absolute atomic E-state index is 0.0158. The molecular formula is C23H28ClN3O6. The number of nitro benzene ring substituents is 1. The molecule has 0 fully saturated rings. The normalized spacial score (nSPS) is 12.4. The highest BCUT2D eigenvalue weighted by Crippen LogP contribution is 2.30. The van der Waals surface area contributed by atoms with E-state index in [4.69, 9.17) is 21.1 Å². The topological polar surface area (TPSA) is 111 Å². The van der Waals surface area contributed by atoms with E-state index in [1.165, 1.54) is 30.2 Å². The second-order valence-corrected chi connectivity index (χ2v) is 7.96.